The summed E-state index contributed by atoms with van der Waals surface area (Å²) in [5.41, 5.74) is 0.754. The van der Waals surface area contributed by atoms with Crippen LogP contribution in [0.1, 0.15) is 45.2 Å². The van der Waals surface area contributed by atoms with Crippen LogP contribution in [0.15, 0.2) is 10.7 Å². The van der Waals surface area contributed by atoms with Crippen molar-refractivity contribution < 1.29 is 12.8 Å². The molecular formula is C15H27N3O3S. The van der Waals surface area contributed by atoms with Crippen LogP contribution in [0, 0.1) is 0 Å². The molecule has 0 radical (unpaired) electrons. The number of hydrogen-bond acceptors (Lipinski definition) is 5. The first-order valence-electron chi connectivity index (χ1n) is 7.69. The fourth-order valence-electron chi connectivity index (χ4n) is 2.65. The van der Waals surface area contributed by atoms with Crippen LogP contribution in [-0.4, -0.2) is 55.0 Å². The molecule has 1 unspecified atom stereocenters. The van der Waals surface area contributed by atoms with Crippen LogP contribution in [0.25, 0.3) is 0 Å². The lowest BCUT2D eigenvalue weighted by molar-refractivity contribution is 0.217. The standard InChI is InChI=1S/C15H27N3O3S/c1-15(2,3)14-16-12(11-21-14)9-18-8-6-7-13(10-18)22(19,20)17(4)5/h11,13H,6-10H2,1-5H3. The summed E-state index contributed by atoms with van der Waals surface area (Å²) in [4.78, 5) is 6.68. The van der Waals surface area contributed by atoms with Crippen LogP contribution < -0.4 is 0 Å². The second kappa shape index (κ2) is 6.29. The predicted molar refractivity (Wildman–Crippen MR) is 86.1 cm³/mol. The summed E-state index contributed by atoms with van der Waals surface area (Å²) in [6.45, 7) is 8.27. The SMILES string of the molecule is CN(C)S(=O)(=O)C1CCCN(Cc2coc(C(C)(C)C)n2)C1. The zero-order valence-corrected chi connectivity index (χ0v) is 15.0. The molecule has 0 aromatic carbocycles. The summed E-state index contributed by atoms with van der Waals surface area (Å²) in [5.74, 6) is 0.719. The number of likely N-dealkylation sites (tertiary alicyclic amines) is 1. The van der Waals surface area contributed by atoms with Gasteiger partial charge in [0.25, 0.3) is 0 Å². The van der Waals surface area contributed by atoms with Gasteiger partial charge in [-0.15, -0.1) is 0 Å². The maximum absolute atomic E-state index is 12.3. The fraction of sp³-hybridized carbons (Fsp3) is 0.800. The highest BCUT2D eigenvalue weighted by atomic mass is 32.2. The number of hydrogen-bond donors (Lipinski definition) is 0. The topological polar surface area (TPSA) is 66.7 Å². The van der Waals surface area contributed by atoms with Crippen molar-refractivity contribution in [3.8, 4) is 0 Å². The lowest BCUT2D eigenvalue weighted by atomic mass is 9.97. The van der Waals surface area contributed by atoms with E-state index >= 15 is 0 Å². The summed E-state index contributed by atoms with van der Waals surface area (Å²) in [6, 6.07) is 0. The Labute approximate surface area is 133 Å². The van der Waals surface area contributed by atoms with Gasteiger partial charge in [-0.25, -0.2) is 17.7 Å². The van der Waals surface area contributed by atoms with Crippen molar-refractivity contribution in [2.75, 3.05) is 27.2 Å². The first kappa shape index (κ1) is 17.4. The van der Waals surface area contributed by atoms with E-state index in [9.17, 15) is 8.42 Å². The molecule has 0 N–H and O–H groups in total. The van der Waals surface area contributed by atoms with Crippen LogP contribution in [0.3, 0.4) is 0 Å². The average molecular weight is 329 g/mol. The second-order valence-electron chi connectivity index (χ2n) is 7.22. The van der Waals surface area contributed by atoms with Crippen molar-refractivity contribution in [1.29, 1.82) is 0 Å². The van der Waals surface area contributed by atoms with E-state index in [1.807, 2.05) is 0 Å². The Morgan fingerprint density at radius 3 is 2.64 bits per heavy atom. The number of sulfonamides is 1. The van der Waals surface area contributed by atoms with Crippen molar-refractivity contribution in [3.05, 3.63) is 17.8 Å². The number of nitrogens with zero attached hydrogens (tertiary/aromatic N) is 3. The molecule has 0 aliphatic carbocycles. The molecule has 0 bridgehead atoms. The van der Waals surface area contributed by atoms with Gasteiger partial charge in [0.1, 0.15) is 6.26 Å². The summed E-state index contributed by atoms with van der Waals surface area (Å²) in [7, 11) is 0.00210. The van der Waals surface area contributed by atoms with Crippen LogP contribution in [0.4, 0.5) is 0 Å². The van der Waals surface area contributed by atoms with Crippen molar-refractivity contribution in [2.45, 2.75) is 50.8 Å². The minimum atomic E-state index is -3.20. The molecule has 2 rings (SSSR count). The van der Waals surface area contributed by atoms with Gasteiger partial charge in [0.2, 0.25) is 10.0 Å². The molecule has 1 aliphatic heterocycles. The van der Waals surface area contributed by atoms with Gasteiger partial charge in [0, 0.05) is 32.6 Å². The molecule has 126 valence electrons. The van der Waals surface area contributed by atoms with Gasteiger partial charge in [0.05, 0.1) is 10.9 Å². The second-order valence-corrected chi connectivity index (χ2v) is 9.65. The zero-order valence-electron chi connectivity index (χ0n) is 14.2. The molecule has 1 atom stereocenters. The smallest absolute Gasteiger partial charge is 0.217 e. The summed E-state index contributed by atoms with van der Waals surface area (Å²) < 4.78 is 31.4. The summed E-state index contributed by atoms with van der Waals surface area (Å²) in [5, 5.41) is -0.328. The zero-order chi connectivity index (χ0) is 16.5. The largest absolute Gasteiger partial charge is 0.448 e. The summed E-state index contributed by atoms with van der Waals surface area (Å²) in [6.07, 6.45) is 3.30. The first-order chi connectivity index (χ1) is 10.1. The van der Waals surface area contributed by atoms with Crippen LogP contribution >= 0.6 is 0 Å². The maximum Gasteiger partial charge on any atom is 0.217 e. The van der Waals surface area contributed by atoms with Gasteiger partial charge in [-0.3, -0.25) is 4.90 Å². The van der Waals surface area contributed by atoms with Crippen LogP contribution in [-0.2, 0) is 22.0 Å². The quantitative estimate of drug-likeness (QED) is 0.843. The number of rotatable bonds is 4. The molecule has 22 heavy (non-hydrogen) atoms. The molecule has 1 fully saturated rings. The van der Waals surface area contributed by atoms with Gasteiger partial charge in [0.15, 0.2) is 5.89 Å². The van der Waals surface area contributed by atoms with Gasteiger partial charge >= 0.3 is 0 Å². The normalized spacial score (nSPS) is 21.5. The summed E-state index contributed by atoms with van der Waals surface area (Å²) >= 11 is 0. The Balaban J connectivity index is 2.03. The Hall–Kier alpha value is -0.920. The fourth-order valence-corrected chi connectivity index (χ4v) is 4.11. The first-order valence-corrected chi connectivity index (χ1v) is 9.19. The molecule has 1 saturated heterocycles. The van der Waals surface area contributed by atoms with E-state index in [4.69, 9.17) is 4.42 Å². The van der Waals surface area contributed by atoms with Crippen LogP contribution in [0.5, 0.6) is 0 Å². The molecule has 0 spiro atoms. The highest BCUT2D eigenvalue weighted by Crippen LogP contribution is 2.23. The van der Waals surface area contributed by atoms with Crippen LogP contribution in [0.2, 0.25) is 0 Å². The third-order valence-electron chi connectivity index (χ3n) is 3.97. The molecular weight excluding hydrogens is 302 g/mol. The Kier molecular flexibility index (Phi) is 4.99. The maximum atomic E-state index is 12.3. The van der Waals surface area contributed by atoms with E-state index in [2.05, 4.69) is 30.7 Å². The average Bonchev–Trinajstić information content (AvgIpc) is 2.87. The number of piperidine rings is 1. The van der Waals surface area contributed by atoms with E-state index in [1.54, 1.807) is 20.4 Å². The number of oxazole rings is 1. The third kappa shape index (κ3) is 3.88. The predicted octanol–water partition coefficient (Wildman–Crippen LogP) is 1.83. The van der Waals surface area contributed by atoms with Gasteiger partial charge in [-0.05, 0) is 19.4 Å². The molecule has 1 aromatic rings. The van der Waals surface area contributed by atoms with E-state index in [1.165, 1.54) is 4.31 Å². The van der Waals surface area contributed by atoms with E-state index in [-0.39, 0.29) is 10.7 Å². The molecule has 1 aliphatic rings. The molecule has 0 amide bonds. The Bertz CT molecular complexity index is 602. The molecule has 6 nitrogen and oxygen atoms in total. The minimum Gasteiger partial charge on any atom is -0.448 e. The molecule has 0 saturated carbocycles. The Morgan fingerprint density at radius 1 is 1.41 bits per heavy atom. The molecule has 2 heterocycles. The van der Waals surface area contributed by atoms with E-state index in [0.717, 1.165) is 31.0 Å². The molecule has 7 heteroatoms. The lowest BCUT2D eigenvalue weighted by Crippen LogP contribution is -2.45. The molecule has 1 aromatic heterocycles. The highest BCUT2D eigenvalue weighted by molar-refractivity contribution is 7.89. The van der Waals surface area contributed by atoms with Crippen molar-refractivity contribution in [3.63, 3.8) is 0 Å². The van der Waals surface area contributed by atoms with Crippen molar-refractivity contribution in [2.24, 2.45) is 0 Å². The number of aromatic nitrogens is 1. The van der Waals surface area contributed by atoms with E-state index < -0.39 is 10.0 Å². The monoisotopic (exact) mass is 329 g/mol. The Morgan fingerprint density at radius 2 is 2.09 bits per heavy atom. The van der Waals surface area contributed by atoms with Gasteiger partial charge in [-0.2, -0.15) is 0 Å². The van der Waals surface area contributed by atoms with Gasteiger partial charge < -0.3 is 4.42 Å². The van der Waals surface area contributed by atoms with Gasteiger partial charge in [-0.1, -0.05) is 20.8 Å². The third-order valence-corrected chi connectivity index (χ3v) is 6.22. The van der Waals surface area contributed by atoms with Crippen molar-refractivity contribution >= 4 is 10.0 Å². The van der Waals surface area contributed by atoms with Crippen molar-refractivity contribution in [1.82, 2.24) is 14.2 Å². The lowest BCUT2D eigenvalue weighted by Gasteiger charge is -2.33. The van der Waals surface area contributed by atoms with E-state index in [0.29, 0.717) is 13.1 Å². The highest BCUT2D eigenvalue weighted by Gasteiger charge is 2.32. The minimum absolute atomic E-state index is 0.114.